The van der Waals surface area contributed by atoms with Crippen LogP contribution in [0.15, 0.2) is 52.5 Å². The van der Waals surface area contributed by atoms with Gasteiger partial charge in [-0.25, -0.2) is 0 Å². The van der Waals surface area contributed by atoms with E-state index < -0.39 is 17.4 Å². The molecular formula is C20H20N2O4S2. The van der Waals surface area contributed by atoms with E-state index in [0.29, 0.717) is 21.9 Å². The maximum Gasteiger partial charge on any atom is 0.313 e. The molecule has 0 aliphatic rings. The number of carbonyl (C=O) groups excluding carboxylic acids is 2. The number of ether oxygens (including phenoxy) is 1. The molecule has 3 rings (SSSR count). The lowest BCUT2D eigenvalue weighted by Gasteiger charge is -2.26. The summed E-state index contributed by atoms with van der Waals surface area (Å²) >= 11 is 2.83. The van der Waals surface area contributed by atoms with Gasteiger partial charge in [-0.3, -0.25) is 9.59 Å². The van der Waals surface area contributed by atoms with Crippen molar-refractivity contribution in [1.29, 1.82) is 0 Å². The molecule has 2 aromatic heterocycles. The third-order valence-electron chi connectivity index (χ3n) is 4.24. The van der Waals surface area contributed by atoms with Gasteiger partial charge in [-0.2, -0.15) is 11.3 Å². The second-order valence-corrected chi connectivity index (χ2v) is 7.92. The zero-order valence-electron chi connectivity index (χ0n) is 15.4. The number of aryl methyl sites for hydroxylation is 1. The minimum absolute atomic E-state index is 0.124. The summed E-state index contributed by atoms with van der Waals surface area (Å²) in [6, 6.07) is 10.7. The fourth-order valence-corrected chi connectivity index (χ4v) is 4.30. The lowest BCUT2D eigenvalue weighted by molar-refractivity contribution is -0.136. The van der Waals surface area contributed by atoms with Gasteiger partial charge in [0.1, 0.15) is 11.4 Å². The average molecular weight is 417 g/mol. The van der Waals surface area contributed by atoms with Crippen LogP contribution < -0.4 is 15.4 Å². The molecule has 3 N–H and O–H groups in total. The van der Waals surface area contributed by atoms with Crippen LogP contribution in [0.5, 0.6) is 5.75 Å². The summed E-state index contributed by atoms with van der Waals surface area (Å²) in [6.07, 6.45) is 0. The van der Waals surface area contributed by atoms with Gasteiger partial charge >= 0.3 is 11.8 Å². The number of thiophene rings is 2. The van der Waals surface area contributed by atoms with Gasteiger partial charge in [0.25, 0.3) is 0 Å². The van der Waals surface area contributed by atoms with E-state index in [4.69, 9.17) is 4.74 Å². The number of nitrogens with one attached hydrogen (secondary N) is 2. The maximum absolute atomic E-state index is 12.3. The zero-order chi connectivity index (χ0) is 20.1. The van der Waals surface area contributed by atoms with Crippen molar-refractivity contribution in [3.05, 3.63) is 68.5 Å². The van der Waals surface area contributed by atoms with Crippen LogP contribution in [-0.2, 0) is 15.2 Å². The fraction of sp³-hybridized carbons (Fsp3) is 0.200. The van der Waals surface area contributed by atoms with Crippen molar-refractivity contribution in [3.63, 3.8) is 0 Å². The maximum atomic E-state index is 12.3. The first-order valence-electron chi connectivity index (χ1n) is 8.47. The Morgan fingerprint density at radius 1 is 1.18 bits per heavy atom. The quantitative estimate of drug-likeness (QED) is 0.539. The van der Waals surface area contributed by atoms with Gasteiger partial charge < -0.3 is 20.5 Å². The molecule has 0 aliphatic heterocycles. The standard InChI is InChI=1S/C20H20N2O4S2/c1-13-5-6-16(26-2)15(10-13)22-19(24)18(23)21-12-20(25,14-7-9-27-11-14)17-4-3-8-28-17/h3-11,25H,12H2,1-2H3,(H,21,23)(H,22,24). The summed E-state index contributed by atoms with van der Waals surface area (Å²) in [4.78, 5) is 25.4. The Morgan fingerprint density at radius 2 is 2.00 bits per heavy atom. The normalized spacial score (nSPS) is 12.8. The summed E-state index contributed by atoms with van der Waals surface area (Å²) in [5.41, 5.74) is 0.599. The molecule has 2 amide bonds. The van der Waals surface area contributed by atoms with Crippen molar-refractivity contribution in [2.75, 3.05) is 19.0 Å². The Bertz CT molecular complexity index is 919. The number of aliphatic hydroxyl groups is 1. The molecule has 0 saturated carbocycles. The molecule has 0 saturated heterocycles. The second kappa shape index (κ2) is 8.55. The van der Waals surface area contributed by atoms with E-state index in [-0.39, 0.29) is 6.54 Å². The molecule has 3 aromatic rings. The molecular weight excluding hydrogens is 396 g/mol. The predicted molar refractivity (Wildman–Crippen MR) is 111 cm³/mol. The van der Waals surface area contributed by atoms with Crippen LogP contribution in [0.25, 0.3) is 0 Å². The Kier molecular flexibility index (Phi) is 6.13. The molecule has 6 nitrogen and oxygen atoms in total. The summed E-state index contributed by atoms with van der Waals surface area (Å²) in [7, 11) is 1.49. The molecule has 1 unspecified atom stereocenters. The van der Waals surface area contributed by atoms with E-state index in [1.54, 1.807) is 24.3 Å². The molecule has 1 aromatic carbocycles. The minimum atomic E-state index is -1.40. The van der Waals surface area contributed by atoms with Gasteiger partial charge in [-0.1, -0.05) is 12.1 Å². The van der Waals surface area contributed by atoms with Crippen molar-refractivity contribution in [3.8, 4) is 5.75 Å². The Labute approximate surface area is 170 Å². The summed E-state index contributed by atoms with van der Waals surface area (Å²) in [5, 5.41) is 21.8. The van der Waals surface area contributed by atoms with Crippen LogP contribution in [-0.4, -0.2) is 30.6 Å². The fourth-order valence-electron chi connectivity index (χ4n) is 2.73. The van der Waals surface area contributed by atoms with E-state index in [1.807, 2.05) is 35.2 Å². The monoisotopic (exact) mass is 416 g/mol. The van der Waals surface area contributed by atoms with Crippen LogP contribution in [0.4, 0.5) is 5.69 Å². The number of anilines is 1. The molecule has 0 spiro atoms. The third kappa shape index (κ3) is 4.24. The molecule has 1 atom stereocenters. The van der Waals surface area contributed by atoms with Crippen molar-refractivity contribution in [1.82, 2.24) is 5.32 Å². The third-order valence-corrected chi connectivity index (χ3v) is 5.95. The SMILES string of the molecule is COc1ccc(C)cc1NC(=O)C(=O)NCC(O)(c1ccsc1)c1cccs1. The Hall–Kier alpha value is -2.68. The topological polar surface area (TPSA) is 87.7 Å². The van der Waals surface area contributed by atoms with Crippen LogP contribution in [0.3, 0.4) is 0 Å². The zero-order valence-corrected chi connectivity index (χ0v) is 17.0. The number of methoxy groups -OCH3 is 1. The van der Waals surface area contributed by atoms with Crippen molar-refractivity contribution >= 4 is 40.2 Å². The minimum Gasteiger partial charge on any atom is -0.495 e. The molecule has 2 heterocycles. The first kappa shape index (κ1) is 20.1. The van der Waals surface area contributed by atoms with Gasteiger partial charge in [0.15, 0.2) is 0 Å². The van der Waals surface area contributed by atoms with Crippen LogP contribution in [0.2, 0.25) is 0 Å². The molecule has 0 bridgehead atoms. The van der Waals surface area contributed by atoms with Crippen molar-refractivity contribution in [2.24, 2.45) is 0 Å². The molecule has 0 aliphatic carbocycles. The summed E-state index contributed by atoms with van der Waals surface area (Å²) < 4.78 is 5.21. The number of amides is 2. The first-order chi connectivity index (χ1) is 13.4. The lowest BCUT2D eigenvalue weighted by Crippen LogP contribution is -2.44. The Morgan fingerprint density at radius 3 is 2.64 bits per heavy atom. The number of benzene rings is 1. The Balaban J connectivity index is 1.72. The van der Waals surface area contributed by atoms with E-state index in [2.05, 4.69) is 10.6 Å². The highest BCUT2D eigenvalue weighted by Crippen LogP contribution is 2.33. The van der Waals surface area contributed by atoms with Crippen LogP contribution in [0.1, 0.15) is 16.0 Å². The van der Waals surface area contributed by atoms with E-state index in [1.165, 1.54) is 29.8 Å². The second-order valence-electron chi connectivity index (χ2n) is 6.19. The van der Waals surface area contributed by atoms with Crippen molar-refractivity contribution in [2.45, 2.75) is 12.5 Å². The molecule has 8 heteroatoms. The van der Waals surface area contributed by atoms with Gasteiger partial charge in [0.05, 0.1) is 19.3 Å². The average Bonchev–Trinajstić information content (AvgIpc) is 3.40. The number of hydrogen-bond donors (Lipinski definition) is 3. The highest BCUT2D eigenvalue weighted by Gasteiger charge is 2.34. The van der Waals surface area contributed by atoms with Crippen LogP contribution >= 0.6 is 22.7 Å². The smallest absolute Gasteiger partial charge is 0.313 e. The summed E-state index contributed by atoms with van der Waals surface area (Å²) in [5.74, 6) is -1.21. The van der Waals surface area contributed by atoms with E-state index in [0.717, 1.165) is 5.56 Å². The largest absolute Gasteiger partial charge is 0.495 e. The predicted octanol–water partition coefficient (Wildman–Crippen LogP) is 3.12. The van der Waals surface area contributed by atoms with Gasteiger partial charge in [-0.05, 0) is 52.9 Å². The van der Waals surface area contributed by atoms with Crippen LogP contribution in [0, 0.1) is 6.92 Å². The van der Waals surface area contributed by atoms with Gasteiger partial charge in [0, 0.05) is 10.4 Å². The van der Waals surface area contributed by atoms with E-state index >= 15 is 0 Å². The van der Waals surface area contributed by atoms with Gasteiger partial charge in [0.2, 0.25) is 0 Å². The number of hydrogen-bond acceptors (Lipinski definition) is 6. The first-order valence-corrected chi connectivity index (χ1v) is 10.3. The molecule has 0 radical (unpaired) electrons. The highest BCUT2D eigenvalue weighted by molar-refractivity contribution is 7.10. The molecule has 28 heavy (non-hydrogen) atoms. The van der Waals surface area contributed by atoms with Crippen molar-refractivity contribution < 1.29 is 19.4 Å². The highest BCUT2D eigenvalue weighted by atomic mass is 32.1. The lowest BCUT2D eigenvalue weighted by atomic mass is 9.94. The summed E-state index contributed by atoms with van der Waals surface area (Å²) in [6.45, 7) is 1.75. The molecule has 0 fully saturated rings. The number of carbonyl (C=O) groups is 2. The number of rotatable bonds is 6. The van der Waals surface area contributed by atoms with E-state index in [9.17, 15) is 14.7 Å². The van der Waals surface area contributed by atoms with Gasteiger partial charge in [-0.15, -0.1) is 11.3 Å². The molecule has 146 valence electrons.